The first kappa shape index (κ1) is 18.2. The molecule has 0 spiro atoms. The zero-order valence-electron chi connectivity index (χ0n) is 15.3. The molecule has 1 aromatic heterocycles. The number of nitrogens with zero attached hydrogens (tertiary/aromatic N) is 2. The zero-order valence-corrected chi connectivity index (χ0v) is 16.1. The standard InChI is InChI=1S/C21H28N2OS/c1-3-19-20(4-2)25-23(21(19)24)15-12-17-10-13-22(14-11-17)16-18-8-6-5-7-9-18/h3-9,17H,10-16H2,1-2H3. The molecule has 0 amide bonds. The maximum Gasteiger partial charge on any atom is 0.268 e. The molecule has 0 N–H and O–H groups in total. The van der Waals surface area contributed by atoms with E-state index in [4.69, 9.17) is 0 Å². The third-order valence-corrected chi connectivity index (χ3v) is 6.40. The molecule has 0 unspecified atom stereocenters. The van der Waals surface area contributed by atoms with Crippen molar-refractivity contribution in [3.05, 3.63) is 56.0 Å². The minimum atomic E-state index is 0.183. The van der Waals surface area contributed by atoms with E-state index in [-0.39, 0.29) is 5.56 Å². The molecule has 3 rings (SSSR count). The van der Waals surface area contributed by atoms with E-state index in [2.05, 4.69) is 35.2 Å². The fraction of sp³-hybridized carbons (Fsp3) is 0.476. The molecule has 0 aliphatic carbocycles. The van der Waals surface area contributed by atoms with Crippen LogP contribution < -0.4 is 15.3 Å². The second kappa shape index (κ2) is 8.63. The van der Waals surface area contributed by atoms with Crippen LogP contribution in [0.25, 0.3) is 12.2 Å². The van der Waals surface area contributed by atoms with Crippen LogP contribution in [0.5, 0.6) is 0 Å². The van der Waals surface area contributed by atoms with Gasteiger partial charge < -0.3 is 0 Å². The van der Waals surface area contributed by atoms with Crippen LogP contribution in [-0.4, -0.2) is 21.9 Å². The summed E-state index contributed by atoms with van der Waals surface area (Å²) in [5.41, 5.74) is 1.58. The van der Waals surface area contributed by atoms with E-state index < -0.39 is 0 Å². The number of aromatic nitrogens is 1. The zero-order chi connectivity index (χ0) is 17.6. The molecule has 2 heterocycles. The Balaban J connectivity index is 1.52. The van der Waals surface area contributed by atoms with E-state index in [1.807, 2.05) is 30.0 Å². The van der Waals surface area contributed by atoms with Gasteiger partial charge in [-0.3, -0.25) is 13.7 Å². The van der Waals surface area contributed by atoms with Gasteiger partial charge in [0.05, 0.1) is 9.75 Å². The fourth-order valence-electron chi connectivity index (χ4n) is 3.64. The Bertz CT molecular complexity index is 842. The van der Waals surface area contributed by atoms with Gasteiger partial charge in [-0.2, -0.15) is 0 Å². The summed E-state index contributed by atoms with van der Waals surface area (Å²) in [5.74, 6) is 0.740. The van der Waals surface area contributed by atoms with E-state index in [0.717, 1.165) is 35.2 Å². The first-order chi connectivity index (χ1) is 12.2. The highest BCUT2D eigenvalue weighted by atomic mass is 32.1. The maximum atomic E-state index is 12.4. The minimum absolute atomic E-state index is 0.183. The lowest BCUT2D eigenvalue weighted by molar-refractivity contribution is 0.170. The van der Waals surface area contributed by atoms with E-state index in [1.165, 1.54) is 31.5 Å². The highest BCUT2D eigenvalue weighted by Gasteiger charge is 2.19. The third-order valence-electron chi connectivity index (χ3n) is 5.18. The Morgan fingerprint density at radius 3 is 2.44 bits per heavy atom. The average molecular weight is 357 g/mol. The largest absolute Gasteiger partial charge is 0.299 e. The predicted molar refractivity (Wildman–Crippen MR) is 107 cm³/mol. The Hall–Kier alpha value is -1.65. The van der Waals surface area contributed by atoms with Crippen LogP contribution in [0, 0.1) is 5.92 Å². The summed E-state index contributed by atoms with van der Waals surface area (Å²) in [4.78, 5) is 15.0. The highest BCUT2D eigenvalue weighted by Crippen LogP contribution is 2.22. The average Bonchev–Trinajstić information content (AvgIpc) is 2.97. The molecule has 0 radical (unpaired) electrons. The normalized spacial score (nSPS) is 18.2. The number of benzene rings is 1. The second-order valence-electron chi connectivity index (χ2n) is 6.85. The number of hydrogen-bond acceptors (Lipinski definition) is 3. The van der Waals surface area contributed by atoms with Crippen molar-refractivity contribution in [2.45, 2.75) is 46.2 Å². The summed E-state index contributed by atoms with van der Waals surface area (Å²) >= 11 is 1.61. The van der Waals surface area contributed by atoms with Crippen LogP contribution in [0.3, 0.4) is 0 Å². The van der Waals surface area contributed by atoms with Crippen molar-refractivity contribution in [1.82, 2.24) is 8.86 Å². The number of likely N-dealkylation sites (tertiary alicyclic amines) is 1. The van der Waals surface area contributed by atoms with Gasteiger partial charge in [0, 0.05) is 13.1 Å². The van der Waals surface area contributed by atoms with E-state index in [1.54, 1.807) is 11.5 Å². The van der Waals surface area contributed by atoms with Gasteiger partial charge in [-0.05, 0) is 57.7 Å². The molecule has 0 atom stereocenters. The van der Waals surface area contributed by atoms with Crippen molar-refractivity contribution in [2.24, 2.45) is 5.92 Å². The maximum absolute atomic E-state index is 12.4. The van der Waals surface area contributed by atoms with Gasteiger partial charge in [-0.1, -0.05) is 54.0 Å². The Morgan fingerprint density at radius 1 is 1.12 bits per heavy atom. The molecule has 0 bridgehead atoms. The fourth-order valence-corrected chi connectivity index (χ4v) is 4.67. The smallest absolute Gasteiger partial charge is 0.268 e. The van der Waals surface area contributed by atoms with E-state index in [9.17, 15) is 4.79 Å². The summed E-state index contributed by atoms with van der Waals surface area (Å²) in [6, 6.07) is 10.7. The lowest BCUT2D eigenvalue weighted by Gasteiger charge is -2.32. The van der Waals surface area contributed by atoms with Crippen LogP contribution in [0.15, 0.2) is 35.1 Å². The van der Waals surface area contributed by atoms with Crippen molar-refractivity contribution in [2.75, 3.05) is 13.1 Å². The Morgan fingerprint density at radius 2 is 1.84 bits per heavy atom. The lowest BCUT2D eigenvalue weighted by Crippen LogP contribution is -2.35. The third kappa shape index (κ3) is 4.50. The quantitative estimate of drug-likeness (QED) is 0.823. The van der Waals surface area contributed by atoms with Crippen LogP contribution >= 0.6 is 11.5 Å². The van der Waals surface area contributed by atoms with Gasteiger partial charge in [0.15, 0.2) is 0 Å². The number of rotatable bonds is 5. The Labute approximate surface area is 154 Å². The number of piperidine rings is 1. The van der Waals surface area contributed by atoms with Gasteiger partial charge in [0.1, 0.15) is 0 Å². The molecule has 0 saturated carbocycles. The van der Waals surface area contributed by atoms with Gasteiger partial charge in [0.25, 0.3) is 5.56 Å². The van der Waals surface area contributed by atoms with Gasteiger partial charge in [-0.25, -0.2) is 0 Å². The second-order valence-corrected chi connectivity index (χ2v) is 7.91. The van der Waals surface area contributed by atoms with E-state index >= 15 is 0 Å². The molecule has 1 aliphatic rings. The van der Waals surface area contributed by atoms with Crippen molar-refractivity contribution >= 4 is 23.7 Å². The molecular weight excluding hydrogens is 328 g/mol. The number of aryl methyl sites for hydroxylation is 1. The summed E-state index contributed by atoms with van der Waals surface area (Å²) in [5, 5.41) is 0.866. The first-order valence-corrected chi connectivity index (χ1v) is 10.1. The molecule has 1 saturated heterocycles. The summed E-state index contributed by atoms with van der Waals surface area (Å²) < 4.78 is 3.05. The van der Waals surface area contributed by atoms with Crippen LogP contribution in [0.2, 0.25) is 0 Å². The molecule has 1 aliphatic heterocycles. The highest BCUT2D eigenvalue weighted by molar-refractivity contribution is 7.04. The Kier molecular flexibility index (Phi) is 6.27. The van der Waals surface area contributed by atoms with Gasteiger partial charge >= 0.3 is 0 Å². The van der Waals surface area contributed by atoms with Crippen molar-refractivity contribution in [3.8, 4) is 0 Å². The van der Waals surface area contributed by atoms with Crippen LogP contribution in [0.1, 0.15) is 38.7 Å². The summed E-state index contributed by atoms with van der Waals surface area (Å²) in [7, 11) is 0. The topological polar surface area (TPSA) is 25.2 Å². The minimum Gasteiger partial charge on any atom is -0.299 e. The van der Waals surface area contributed by atoms with Crippen LogP contribution in [0.4, 0.5) is 0 Å². The number of hydrogen-bond donors (Lipinski definition) is 0. The molecule has 2 aromatic rings. The molecule has 4 heteroatoms. The summed E-state index contributed by atoms with van der Waals surface area (Å²) in [6.07, 6.45) is 7.58. The van der Waals surface area contributed by atoms with Gasteiger partial charge in [0.2, 0.25) is 0 Å². The molecule has 25 heavy (non-hydrogen) atoms. The van der Waals surface area contributed by atoms with E-state index in [0.29, 0.717) is 0 Å². The lowest BCUT2D eigenvalue weighted by atomic mass is 9.93. The van der Waals surface area contributed by atoms with Crippen molar-refractivity contribution in [3.63, 3.8) is 0 Å². The molecule has 1 aromatic carbocycles. The monoisotopic (exact) mass is 356 g/mol. The molecular formula is C21H28N2OS. The first-order valence-electron chi connectivity index (χ1n) is 9.30. The molecule has 1 fully saturated rings. The summed E-state index contributed by atoms with van der Waals surface area (Å²) in [6.45, 7) is 8.21. The predicted octanol–water partition coefficient (Wildman–Crippen LogP) is 2.81. The molecule has 3 nitrogen and oxygen atoms in total. The van der Waals surface area contributed by atoms with Crippen molar-refractivity contribution in [1.29, 1.82) is 0 Å². The van der Waals surface area contributed by atoms with Crippen LogP contribution in [-0.2, 0) is 13.1 Å². The van der Waals surface area contributed by atoms with Gasteiger partial charge in [-0.15, -0.1) is 0 Å². The van der Waals surface area contributed by atoms with Crippen molar-refractivity contribution < 1.29 is 0 Å². The SMILES string of the molecule is CC=c1sn(CCC2CCN(Cc3ccccc3)CC2)c(=O)c1=CC. The molecule has 134 valence electrons.